The van der Waals surface area contributed by atoms with Crippen LogP contribution in [-0.2, 0) is 4.74 Å². The number of hydrogen-bond acceptors (Lipinski definition) is 4. The van der Waals surface area contributed by atoms with Crippen LogP contribution in [0.3, 0.4) is 0 Å². The van der Waals surface area contributed by atoms with E-state index in [0.717, 1.165) is 26.1 Å². The number of carbonyl (C=O) groups is 1. The van der Waals surface area contributed by atoms with E-state index < -0.39 is 0 Å². The summed E-state index contributed by atoms with van der Waals surface area (Å²) in [5, 5.41) is 5.48. The number of urea groups is 1. The van der Waals surface area contributed by atoms with Crippen LogP contribution >= 0.6 is 0 Å². The predicted octanol–water partition coefficient (Wildman–Crippen LogP) is 2.23. The number of nitrogens with one attached hydrogen (secondary N) is 2. The second kappa shape index (κ2) is 5.83. The minimum atomic E-state index is -0.275. The van der Waals surface area contributed by atoms with Gasteiger partial charge in [0.15, 0.2) is 11.5 Å². The van der Waals surface area contributed by atoms with Gasteiger partial charge in [-0.3, -0.25) is 0 Å². The molecule has 2 aliphatic heterocycles. The summed E-state index contributed by atoms with van der Waals surface area (Å²) in [7, 11) is 0. The molecule has 6 nitrogen and oxygen atoms in total. The molecule has 0 bridgehead atoms. The van der Waals surface area contributed by atoms with Gasteiger partial charge in [-0.05, 0) is 30.5 Å². The standard InChI is InChI=1S/C14H16N2O4/c17-14(15-8-10-3-5-18-6-4-10)16-11-1-2-12-13(7-11)20-9-19-12/h1-2,7-8H,3-6,9H2,(H2,15,16,17). The van der Waals surface area contributed by atoms with Gasteiger partial charge in [0.2, 0.25) is 6.79 Å². The van der Waals surface area contributed by atoms with Crippen LogP contribution in [0.15, 0.2) is 30.0 Å². The van der Waals surface area contributed by atoms with Crippen molar-refractivity contribution >= 4 is 11.7 Å². The molecule has 0 saturated carbocycles. The first-order valence-corrected chi connectivity index (χ1v) is 6.54. The lowest BCUT2D eigenvalue weighted by molar-refractivity contribution is 0.119. The fourth-order valence-corrected chi connectivity index (χ4v) is 2.09. The van der Waals surface area contributed by atoms with Gasteiger partial charge >= 0.3 is 6.03 Å². The van der Waals surface area contributed by atoms with Crippen molar-refractivity contribution in [2.45, 2.75) is 12.8 Å². The smallest absolute Gasteiger partial charge is 0.323 e. The molecule has 0 aliphatic carbocycles. The average molecular weight is 276 g/mol. The normalized spacial score (nSPS) is 16.7. The van der Waals surface area contributed by atoms with Crippen LogP contribution in [0, 0.1) is 0 Å². The van der Waals surface area contributed by atoms with Crippen LogP contribution in [-0.4, -0.2) is 26.0 Å². The number of hydrogen-bond donors (Lipinski definition) is 2. The number of rotatable bonds is 2. The number of ether oxygens (including phenoxy) is 3. The van der Waals surface area contributed by atoms with Crippen molar-refractivity contribution in [2.75, 3.05) is 25.3 Å². The predicted molar refractivity (Wildman–Crippen MR) is 72.9 cm³/mol. The molecule has 3 rings (SSSR count). The molecule has 2 aliphatic rings. The van der Waals surface area contributed by atoms with E-state index in [0.29, 0.717) is 17.2 Å². The van der Waals surface area contributed by atoms with E-state index in [1.807, 2.05) is 0 Å². The molecule has 2 N–H and O–H groups in total. The lowest BCUT2D eigenvalue weighted by atomic mass is 10.1. The number of fused-ring (bicyclic) bond motifs is 1. The van der Waals surface area contributed by atoms with Crippen molar-refractivity contribution in [1.29, 1.82) is 0 Å². The quantitative estimate of drug-likeness (QED) is 0.869. The molecule has 1 aromatic rings. The Hall–Kier alpha value is -2.21. The largest absolute Gasteiger partial charge is 0.454 e. The Morgan fingerprint density at radius 1 is 1.15 bits per heavy atom. The van der Waals surface area contributed by atoms with E-state index in [9.17, 15) is 4.79 Å². The summed E-state index contributed by atoms with van der Waals surface area (Å²) >= 11 is 0. The molecule has 0 unspecified atom stereocenters. The van der Waals surface area contributed by atoms with E-state index >= 15 is 0 Å². The third-order valence-corrected chi connectivity index (χ3v) is 3.17. The van der Waals surface area contributed by atoms with Gasteiger partial charge in [0.05, 0.1) is 13.2 Å². The average Bonchev–Trinajstić information content (AvgIpc) is 2.94. The van der Waals surface area contributed by atoms with Crippen molar-refractivity contribution in [3.8, 4) is 11.5 Å². The molecule has 1 saturated heterocycles. The molecule has 0 spiro atoms. The third-order valence-electron chi connectivity index (χ3n) is 3.17. The first-order chi connectivity index (χ1) is 9.81. The molecule has 0 atom stereocenters. The Balaban J connectivity index is 1.56. The van der Waals surface area contributed by atoms with Crippen LogP contribution in [0.25, 0.3) is 0 Å². The zero-order valence-corrected chi connectivity index (χ0v) is 11.0. The van der Waals surface area contributed by atoms with Gasteiger partial charge < -0.3 is 24.8 Å². The van der Waals surface area contributed by atoms with Crippen molar-refractivity contribution in [3.05, 3.63) is 30.0 Å². The molecule has 0 radical (unpaired) electrons. The highest BCUT2D eigenvalue weighted by molar-refractivity contribution is 5.90. The van der Waals surface area contributed by atoms with Gasteiger partial charge in [-0.25, -0.2) is 4.79 Å². The summed E-state index contributed by atoms with van der Waals surface area (Å²) in [5.41, 5.74) is 1.86. The number of carbonyl (C=O) groups excluding carboxylic acids is 1. The Bertz CT molecular complexity index is 534. The second-order valence-corrected chi connectivity index (χ2v) is 4.58. The molecule has 6 heteroatoms. The topological polar surface area (TPSA) is 68.8 Å². The SMILES string of the molecule is O=C(NC=C1CCOCC1)Nc1ccc2c(c1)OCO2. The number of benzene rings is 1. The minimum absolute atomic E-state index is 0.221. The van der Waals surface area contributed by atoms with Gasteiger partial charge in [-0.15, -0.1) is 0 Å². The summed E-state index contributed by atoms with van der Waals surface area (Å²) in [6.07, 6.45) is 3.49. The monoisotopic (exact) mass is 276 g/mol. The summed E-state index contributed by atoms with van der Waals surface area (Å²) in [6.45, 7) is 1.66. The fourth-order valence-electron chi connectivity index (χ4n) is 2.09. The van der Waals surface area contributed by atoms with Gasteiger partial charge in [0.1, 0.15) is 0 Å². The number of amides is 2. The van der Waals surface area contributed by atoms with Crippen molar-refractivity contribution in [3.63, 3.8) is 0 Å². The lowest BCUT2D eigenvalue weighted by Gasteiger charge is -2.14. The molecular formula is C14H16N2O4. The van der Waals surface area contributed by atoms with E-state index in [1.54, 1.807) is 24.4 Å². The van der Waals surface area contributed by atoms with Crippen molar-refractivity contribution in [2.24, 2.45) is 0 Å². The van der Waals surface area contributed by atoms with Crippen LogP contribution in [0.1, 0.15) is 12.8 Å². The zero-order valence-electron chi connectivity index (χ0n) is 11.0. The maximum absolute atomic E-state index is 11.8. The van der Waals surface area contributed by atoms with Crippen LogP contribution in [0.2, 0.25) is 0 Å². The highest BCUT2D eigenvalue weighted by atomic mass is 16.7. The molecule has 2 amide bonds. The first-order valence-electron chi connectivity index (χ1n) is 6.54. The highest BCUT2D eigenvalue weighted by Crippen LogP contribution is 2.34. The molecule has 0 aromatic heterocycles. The summed E-state index contributed by atoms with van der Waals surface area (Å²) in [5.74, 6) is 1.34. The summed E-state index contributed by atoms with van der Waals surface area (Å²) in [4.78, 5) is 11.8. The van der Waals surface area contributed by atoms with Gasteiger partial charge in [0, 0.05) is 18.0 Å². The molecule has 20 heavy (non-hydrogen) atoms. The van der Waals surface area contributed by atoms with E-state index in [1.165, 1.54) is 5.57 Å². The maximum Gasteiger partial charge on any atom is 0.323 e. The van der Waals surface area contributed by atoms with Crippen molar-refractivity contribution in [1.82, 2.24) is 5.32 Å². The molecular weight excluding hydrogens is 260 g/mol. The summed E-state index contributed by atoms with van der Waals surface area (Å²) in [6, 6.07) is 5.01. The molecule has 1 fully saturated rings. The zero-order chi connectivity index (χ0) is 13.8. The Kier molecular flexibility index (Phi) is 3.73. The van der Waals surface area contributed by atoms with Crippen LogP contribution in [0.4, 0.5) is 10.5 Å². The van der Waals surface area contributed by atoms with Gasteiger partial charge in [-0.2, -0.15) is 0 Å². The third kappa shape index (κ3) is 3.03. The maximum atomic E-state index is 11.8. The van der Waals surface area contributed by atoms with Crippen molar-refractivity contribution < 1.29 is 19.0 Å². The Morgan fingerprint density at radius 2 is 1.95 bits per heavy atom. The lowest BCUT2D eigenvalue weighted by Crippen LogP contribution is -2.25. The number of anilines is 1. The van der Waals surface area contributed by atoms with Gasteiger partial charge in [-0.1, -0.05) is 0 Å². The van der Waals surface area contributed by atoms with Gasteiger partial charge in [0.25, 0.3) is 0 Å². The van der Waals surface area contributed by atoms with Crippen LogP contribution in [0.5, 0.6) is 11.5 Å². The van der Waals surface area contributed by atoms with Crippen LogP contribution < -0.4 is 20.1 Å². The second-order valence-electron chi connectivity index (χ2n) is 4.58. The van der Waals surface area contributed by atoms with E-state index in [2.05, 4.69) is 10.6 Å². The van der Waals surface area contributed by atoms with E-state index in [-0.39, 0.29) is 12.8 Å². The fraction of sp³-hybridized carbons (Fsp3) is 0.357. The molecule has 2 heterocycles. The van der Waals surface area contributed by atoms with E-state index in [4.69, 9.17) is 14.2 Å². The Labute approximate surface area is 116 Å². The highest BCUT2D eigenvalue weighted by Gasteiger charge is 2.14. The summed E-state index contributed by atoms with van der Waals surface area (Å²) < 4.78 is 15.7. The molecule has 106 valence electrons. The molecule has 1 aromatic carbocycles. The minimum Gasteiger partial charge on any atom is -0.454 e. The Morgan fingerprint density at radius 3 is 2.80 bits per heavy atom. The first kappa shape index (κ1) is 12.8.